The highest BCUT2D eigenvalue weighted by Crippen LogP contribution is 2.14. The monoisotopic (exact) mass is 224 g/mol. The van der Waals surface area contributed by atoms with Crippen LogP contribution in [0, 0.1) is 0 Å². The number of hydrogen-bond acceptors (Lipinski definition) is 5. The SMILES string of the molecule is Nc1ccccc1C(=O)C(O)C(N)C(=O)O. The molecule has 0 aliphatic carbocycles. The van der Waals surface area contributed by atoms with E-state index in [9.17, 15) is 14.7 Å². The molecule has 6 nitrogen and oxygen atoms in total. The van der Waals surface area contributed by atoms with Crippen molar-refractivity contribution >= 4 is 17.4 Å². The summed E-state index contributed by atoms with van der Waals surface area (Å²) in [5, 5.41) is 18.0. The summed E-state index contributed by atoms with van der Waals surface area (Å²) in [5.41, 5.74) is 10.9. The molecule has 0 spiro atoms. The number of carbonyl (C=O) groups excluding carboxylic acids is 1. The lowest BCUT2D eigenvalue weighted by Crippen LogP contribution is -2.46. The molecular weight excluding hydrogens is 212 g/mol. The number of rotatable bonds is 4. The van der Waals surface area contributed by atoms with Gasteiger partial charge in [0.05, 0.1) is 0 Å². The number of hydrogen-bond donors (Lipinski definition) is 4. The summed E-state index contributed by atoms with van der Waals surface area (Å²) in [7, 11) is 0. The molecule has 86 valence electrons. The van der Waals surface area contributed by atoms with Gasteiger partial charge in [0.2, 0.25) is 0 Å². The van der Waals surface area contributed by atoms with Crippen LogP contribution in [0.15, 0.2) is 24.3 Å². The number of para-hydroxylation sites is 1. The Kier molecular flexibility index (Phi) is 3.60. The number of carboxylic acid groups (broad SMARTS) is 1. The van der Waals surface area contributed by atoms with Gasteiger partial charge in [0.15, 0.2) is 5.78 Å². The van der Waals surface area contributed by atoms with Crippen molar-refractivity contribution in [3.63, 3.8) is 0 Å². The number of ketones is 1. The van der Waals surface area contributed by atoms with Gasteiger partial charge in [0.25, 0.3) is 0 Å². The standard InChI is InChI=1S/C10H12N2O4/c11-6-4-2-1-3-5(6)8(13)9(14)7(12)10(15)16/h1-4,7,9,14H,11-12H2,(H,15,16). The molecule has 0 bridgehead atoms. The topological polar surface area (TPSA) is 127 Å². The second-order valence-electron chi connectivity index (χ2n) is 3.26. The van der Waals surface area contributed by atoms with Crippen LogP contribution in [-0.2, 0) is 4.79 Å². The Hall–Kier alpha value is -1.92. The van der Waals surface area contributed by atoms with Crippen LogP contribution in [0.1, 0.15) is 10.4 Å². The first-order chi connectivity index (χ1) is 7.45. The fourth-order valence-electron chi connectivity index (χ4n) is 1.18. The molecule has 2 atom stereocenters. The molecule has 0 amide bonds. The molecule has 0 saturated heterocycles. The van der Waals surface area contributed by atoms with Crippen LogP contribution in [-0.4, -0.2) is 34.1 Å². The minimum Gasteiger partial charge on any atom is -0.480 e. The quantitative estimate of drug-likeness (QED) is 0.392. The predicted octanol–water partition coefficient (Wildman–Crippen LogP) is -0.776. The smallest absolute Gasteiger partial charge is 0.323 e. The van der Waals surface area contributed by atoms with Gasteiger partial charge < -0.3 is 21.7 Å². The van der Waals surface area contributed by atoms with Crippen LogP contribution in [0.25, 0.3) is 0 Å². The maximum atomic E-state index is 11.6. The van der Waals surface area contributed by atoms with Crippen molar-refractivity contribution in [2.75, 3.05) is 5.73 Å². The van der Waals surface area contributed by atoms with Crippen molar-refractivity contribution in [1.82, 2.24) is 0 Å². The molecule has 2 unspecified atom stereocenters. The highest BCUT2D eigenvalue weighted by Gasteiger charge is 2.30. The molecule has 0 radical (unpaired) electrons. The highest BCUT2D eigenvalue weighted by atomic mass is 16.4. The summed E-state index contributed by atoms with van der Waals surface area (Å²) in [6, 6.07) is 4.40. The third kappa shape index (κ3) is 2.36. The zero-order valence-electron chi connectivity index (χ0n) is 8.33. The lowest BCUT2D eigenvalue weighted by atomic mass is 10.00. The Balaban J connectivity index is 2.95. The molecule has 0 aromatic heterocycles. The Morgan fingerprint density at radius 1 is 1.25 bits per heavy atom. The zero-order chi connectivity index (χ0) is 12.3. The normalized spacial score (nSPS) is 14.1. The highest BCUT2D eigenvalue weighted by molar-refractivity contribution is 6.05. The first-order valence-electron chi connectivity index (χ1n) is 4.50. The predicted molar refractivity (Wildman–Crippen MR) is 56.8 cm³/mol. The second kappa shape index (κ2) is 4.73. The van der Waals surface area contributed by atoms with Gasteiger partial charge in [-0.1, -0.05) is 12.1 Å². The number of aliphatic hydroxyl groups excluding tert-OH is 1. The summed E-state index contributed by atoms with van der Waals surface area (Å²) in [5.74, 6) is -2.25. The Labute approximate surface area is 91.5 Å². The molecule has 6 N–H and O–H groups in total. The van der Waals surface area contributed by atoms with Gasteiger partial charge in [0.1, 0.15) is 12.1 Å². The van der Waals surface area contributed by atoms with Gasteiger partial charge in [-0.3, -0.25) is 9.59 Å². The second-order valence-corrected chi connectivity index (χ2v) is 3.26. The molecule has 0 aliphatic rings. The van der Waals surface area contributed by atoms with Gasteiger partial charge in [-0.25, -0.2) is 0 Å². The maximum Gasteiger partial charge on any atom is 0.323 e. The van der Waals surface area contributed by atoms with Crippen molar-refractivity contribution in [2.24, 2.45) is 5.73 Å². The number of aliphatic carboxylic acids is 1. The summed E-state index contributed by atoms with van der Waals surface area (Å²) in [6.45, 7) is 0. The maximum absolute atomic E-state index is 11.6. The summed E-state index contributed by atoms with van der Waals surface area (Å²) >= 11 is 0. The van der Waals surface area contributed by atoms with E-state index in [0.717, 1.165) is 0 Å². The summed E-state index contributed by atoms with van der Waals surface area (Å²) in [6.07, 6.45) is -1.80. The molecule has 0 aliphatic heterocycles. The van der Waals surface area contributed by atoms with Crippen molar-refractivity contribution in [1.29, 1.82) is 0 Å². The number of aliphatic hydroxyl groups is 1. The zero-order valence-corrected chi connectivity index (χ0v) is 8.33. The van der Waals surface area contributed by atoms with E-state index in [-0.39, 0.29) is 11.3 Å². The van der Waals surface area contributed by atoms with Crippen molar-refractivity contribution in [2.45, 2.75) is 12.1 Å². The van der Waals surface area contributed by atoms with Crippen molar-refractivity contribution < 1.29 is 19.8 Å². The van der Waals surface area contributed by atoms with Gasteiger partial charge >= 0.3 is 5.97 Å². The van der Waals surface area contributed by atoms with Crippen LogP contribution in [0.3, 0.4) is 0 Å². The van der Waals surface area contributed by atoms with E-state index >= 15 is 0 Å². The number of benzene rings is 1. The molecule has 0 saturated carbocycles. The number of carbonyl (C=O) groups is 2. The number of nitrogens with two attached hydrogens (primary N) is 2. The average molecular weight is 224 g/mol. The number of Topliss-reactive ketones (excluding diaryl/α,β-unsaturated/α-hetero) is 1. The fraction of sp³-hybridized carbons (Fsp3) is 0.200. The van der Waals surface area contributed by atoms with Crippen LogP contribution < -0.4 is 11.5 Å². The van der Waals surface area contributed by atoms with E-state index in [2.05, 4.69) is 0 Å². The van der Waals surface area contributed by atoms with Gasteiger partial charge in [0, 0.05) is 11.3 Å². The molecule has 16 heavy (non-hydrogen) atoms. The number of nitrogen functional groups attached to an aromatic ring is 1. The first-order valence-corrected chi connectivity index (χ1v) is 4.50. The molecule has 0 heterocycles. The minimum atomic E-state index is -1.80. The lowest BCUT2D eigenvalue weighted by Gasteiger charge is -2.14. The molecule has 1 rings (SSSR count). The van der Waals surface area contributed by atoms with E-state index in [1.165, 1.54) is 12.1 Å². The van der Waals surface area contributed by atoms with E-state index in [0.29, 0.717) is 0 Å². The number of anilines is 1. The molecule has 0 fully saturated rings. The Bertz CT molecular complexity index is 419. The fourth-order valence-corrected chi connectivity index (χ4v) is 1.18. The molecule has 6 heteroatoms. The molecule has 1 aromatic carbocycles. The minimum absolute atomic E-state index is 0.0618. The van der Waals surface area contributed by atoms with E-state index in [1.54, 1.807) is 12.1 Å². The summed E-state index contributed by atoms with van der Waals surface area (Å²) in [4.78, 5) is 22.1. The average Bonchev–Trinajstić information content (AvgIpc) is 2.26. The van der Waals surface area contributed by atoms with Crippen LogP contribution in [0.4, 0.5) is 5.69 Å². The van der Waals surface area contributed by atoms with E-state index < -0.39 is 23.9 Å². The lowest BCUT2D eigenvalue weighted by molar-refractivity contribution is -0.140. The van der Waals surface area contributed by atoms with Gasteiger partial charge in [-0.2, -0.15) is 0 Å². The number of carboxylic acids is 1. The first kappa shape index (κ1) is 12.2. The van der Waals surface area contributed by atoms with E-state index in [4.69, 9.17) is 16.6 Å². The summed E-state index contributed by atoms with van der Waals surface area (Å²) < 4.78 is 0. The molecule has 1 aromatic rings. The van der Waals surface area contributed by atoms with Gasteiger partial charge in [-0.15, -0.1) is 0 Å². The van der Waals surface area contributed by atoms with Crippen LogP contribution in [0.2, 0.25) is 0 Å². The van der Waals surface area contributed by atoms with Crippen molar-refractivity contribution in [3.8, 4) is 0 Å². The van der Waals surface area contributed by atoms with Crippen LogP contribution in [0.5, 0.6) is 0 Å². The van der Waals surface area contributed by atoms with Crippen molar-refractivity contribution in [3.05, 3.63) is 29.8 Å². The van der Waals surface area contributed by atoms with E-state index in [1.807, 2.05) is 0 Å². The Morgan fingerprint density at radius 3 is 2.31 bits per heavy atom. The van der Waals surface area contributed by atoms with Crippen LogP contribution >= 0.6 is 0 Å². The third-order valence-corrected chi connectivity index (χ3v) is 2.12. The molecular formula is C10H12N2O4. The largest absolute Gasteiger partial charge is 0.480 e. The van der Waals surface area contributed by atoms with Gasteiger partial charge in [-0.05, 0) is 12.1 Å². The Morgan fingerprint density at radius 2 is 1.81 bits per heavy atom. The third-order valence-electron chi connectivity index (χ3n) is 2.12.